The maximum Gasteiger partial charge on any atom is 0.270 e. The Kier molecular flexibility index (Phi) is 7.13. The fraction of sp³-hybridized carbons (Fsp3) is 0.208. The van der Waals surface area contributed by atoms with Crippen LogP contribution in [0.15, 0.2) is 42.5 Å². The molecule has 0 spiro atoms. The minimum atomic E-state index is -0.329. The second kappa shape index (κ2) is 9.98. The van der Waals surface area contributed by atoms with Gasteiger partial charge in [0, 0.05) is 23.9 Å². The van der Waals surface area contributed by atoms with E-state index in [1.165, 1.54) is 23.3 Å². The number of carbonyl (C=O) groups excluding carboxylic acids is 2. The highest BCUT2D eigenvalue weighted by Gasteiger charge is 2.25. The molecule has 3 aromatic rings. The number of thiazole rings is 1. The highest BCUT2D eigenvalue weighted by Crippen LogP contribution is 2.35. The van der Waals surface area contributed by atoms with Gasteiger partial charge in [-0.2, -0.15) is 0 Å². The molecule has 0 saturated carbocycles. The average Bonchev–Trinajstić information content (AvgIpc) is 3.22. The van der Waals surface area contributed by atoms with Crippen LogP contribution >= 0.6 is 11.3 Å². The van der Waals surface area contributed by atoms with Gasteiger partial charge in [-0.05, 0) is 43.3 Å². The molecule has 7 nitrogen and oxygen atoms in total. The lowest BCUT2D eigenvalue weighted by Gasteiger charge is -2.22. The first-order chi connectivity index (χ1) is 15.4. The number of hydrogen-bond acceptors (Lipinski definition) is 6. The number of terminal acetylenes is 1. The number of methoxy groups -OCH3 is 2. The number of likely N-dealkylation sites (N-methyl/N-ethyl adjacent to an activating group) is 1. The van der Waals surface area contributed by atoms with E-state index in [1.807, 2.05) is 12.1 Å². The van der Waals surface area contributed by atoms with Gasteiger partial charge in [-0.15, -0.1) is 17.8 Å². The summed E-state index contributed by atoms with van der Waals surface area (Å²) >= 11 is 1.25. The molecule has 1 aromatic heterocycles. The van der Waals surface area contributed by atoms with Gasteiger partial charge < -0.3 is 14.8 Å². The van der Waals surface area contributed by atoms with Crippen LogP contribution in [0.2, 0.25) is 0 Å². The molecular formula is C24H23N3O4S. The SMILES string of the molecule is C#Cc1cccc(N(CC(=O)NC)C(=O)c2sc(-c3ccc(OC)c(OC)c3)nc2C)c1. The van der Waals surface area contributed by atoms with Crippen molar-refractivity contribution >= 4 is 28.8 Å². The molecule has 1 heterocycles. The largest absolute Gasteiger partial charge is 0.493 e. The molecular weight excluding hydrogens is 426 g/mol. The van der Waals surface area contributed by atoms with E-state index < -0.39 is 0 Å². The Bertz CT molecular complexity index is 1200. The monoisotopic (exact) mass is 449 g/mol. The van der Waals surface area contributed by atoms with E-state index in [4.69, 9.17) is 15.9 Å². The zero-order chi connectivity index (χ0) is 23.3. The van der Waals surface area contributed by atoms with Gasteiger partial charge in [-0.3, -0.25) is 14.5 Å². The van der Waals surface area contributed by atoms with E-state index in [0.29, 0.717) is 38.3 Å². The third-order valence-electron chi connectivity index (χ3n) is 4.77. The van der Waals surface area contributed by atoms with Crippen molar-refractivity contribution in [3.63, 3.8) is 0 Å². The van der Waals surface area contributed by atoms with Crippen LogP contribution in [0, 0.1) is 19.3 Å². The Morgan fingerprint density at radius 2 is 1.91 bits per heavy atom. The summed E-state index contributed by atoms with van der Waals surface area (Å²) in [6, 6.07) is 12.4. The zero-order valence-electron chi connectivity index (χ0n) is 18.3. The summed E-state index contributed by atoms with van der Waals surface area (Å²) in [5.74, 6) is 3.10. The molecule has 0 radical (unpaired) electrons. The van der Waals surface area contributed by atoms with Crippen LogP contribution in [-0.2, 0) is 4.79 Å². The van der Waals surface area contributed by atoms with Crippen molar-refractivity contribution in [2.45, 2.75) is 6.92 Å². The molecule has 0 unspecified atom stereocenters. The van der Waals surface area contributed by atoms with Gasteiger partial charge in [-0.1, -0.05) is 12.0 Å². The van der Waals surface area contributed by atoms with Crippen molar-refractivity contribution in [2.75, 3.05) is 32.7 Å². The summed E-state index contributed by atoms with van der Waals surface area (Å²) < 4.78 is 10.7. The molecule has 8 heteroatoms. The van der Waals surface area contributed by atoms with Crippen LogP contribution in [0.25, 0.3) is 10.6 Å². The van der Waals surface area contributed by atoms with E-state index in [2.05, 4.69) is 16.2 Å². The predicted molar refractivity (Wildman–Crippen MR) is 126 cm³/mol. The van der Waals surface area contributed by atoms with E-state index in [9.17, 15) is 9.59 Å². The minimum Gasteiger partial charge on any atom is -0.493 e. The summed E-state index contributed by atoms with van der Waals surface area (Å²) in [7, 11) is 4.65. The summed E-state index contributed by atoms with van der Waals surface area (Å²) in [5, 5.41) is 3.21. The zero-order valence-corrected chi connectivity index (χ0v) is 19.1. The van der Waals surface area contributed by atoms with Gasteiger partial charge in [0.1, 0.15) is 16.4 Å². The lowest BCUT2D eigenvalue weighted by Crippen LogP contribution is -2.39. The predicted octanol–water partition coefficient (Wildman–Crippen LogP) is 3.51. The van der Waals surface area contributed by atoms with Gasteiger partial charge in [-0.25, -0.2) is 4.98 Å². The number of anilines is 1. The summed E-state index contributed by atoms with van der Waals surface area (Å²) in [6.45, 7) is 1.62. The van der Waals surface area contributed by atoms with Crippen molar-refractivity contribution in [1.29, 1.82) is 0 Å². The molecule has 3 rings (SSSR count). The molecule has 0 aliphatic carbocycles. The van der Waals surface area contributed by atoms with E-state index in [0.717, 1.165) is 5.56 Å². The van der Waals surface area contributed by atoms with Gasteiger partial charge in [0.25, 0.3) is 5.91 Å². The Morgan fingerprint density at radius 3 is 2.56 bits per heavy atom. The number of amides is 2. The Balaban J connectivity index is 2.01. The normalized spacial score (nSPS) is 10.2. The molecule has 0 bridgehead atoms. The number of benzene rings is 2. The second-order valence-corrected chi connectivity index (χ2v) is 7.76. The fourth-order valence-electron chi connectivity index (χ4n) is 3.08. The van der Waals surface area contributed by atoms with Crippen molar-refractivity contribution in [3.05, 3.63) is 58.6 Å². The van der Waals surface area contributed by atoms with Crippen molar-refractivity contribution in [3.8, 4) is 34.4 Å². The topological polar surface area (TPSA) is 80.8 Å². The van der Waals surface area contributed by atoms with Crippen LogP contribution in [0.1, 0.15) is 20.9 Å². The first kappa shape index (κ1) is 22.8. The van der Waals surface area contributed by atoms with Gasteiger partial charge >= 0.3 is 0 Å². The molecule has 2 amide bonds. The number of hydrogen-bond donors (Lipinski definition) is 1. The first-order valence-electron chi connectivity index (χ1n) is 9.70. The van der Waals surface area contributed by atoms with Gasteiger partial charge in [0.05, 0.1) is 19.9 Å². The fourth-order valence-corrected chi connectivity index (χ4v) is 4.09. The number of ether oxygens (including phenoxy) is 2. The molecule has 0 saturated heterocycles. The van der Waals surface area contributed by atoms with Gasteiger partial charge in [0.15, 0.2) is 11.5 Å². The standard InChI is InChI=1S/C24H23N3O4S/c1-6-16-8-7-9-18(12-16)27(14-21(28)25-3)24(29)22-15(2)26-23(32-22)17-10-11-19(30-4)20(13-17)31-5/h1,7-13H,14H2,2-5H3,(H,25,28). The maximum atomic E-state index is 13.5. The molecule has 1 N–H and O–H groups in total. The number of aromatic nitrogens is 1. The molecule has 0 aliphatic heterocycles. The van der Waals surface area contributed by atoms with Crippen LogP contribution in [0.5, 0.6) is 11.5 Å². The summed E-state index contributed by atoms with van der Waals surface area (Å²) in [6.07, 6.45) is 5.51. The smallest absolute Gasteiger partial charge is 0.270 e. The third kappa shape index (κ3) is 4.74. The van der Waals surface area contributed by atoms with Crippen molar-refractivity contribution in [1.82, 2.24) is 10.3 Å². The molecule has 32 heavy (non-hydrogen) atoms. The molecule has 0 aliphatic rings. The quantitative estimate of drug-likeness (QED) is 0.559. The van der Waals surface area contributed by atoms with Crippen molar-refractivity contribution < 1.29 is 19.1 Å². The molecule has 0 atom stereocenters. The lowest BCUT2D eigenvalue weighted by molar-refractivity contribution is -0.119. The molecule has 0 fully saturated rings. The summed E-state index contributed by atoms with van der Waals surface area (Å²) in [5.41, 5.74) is 2.51. The van der Waals surface area contributed by atoms with Crippen LogP contribution in [0.3, 0.4) is 0 Å². The third-order valence-corrected chi connectivity index (χ3v) is 5.97. The highest BCUT2D eigenvalue weighted by molar-refractivity contribution is 7.17. The Labute approximate surface area is 191 Å². The summed E-state index contributed by atoms with van der Waals surface area (Å²) in [4.78, 5) is 32.1. The minimum absolute atomic E-state index is 0.146. The van der Waals surface area contributed by atoms with E-state index in [1.54, 1.807) is 51.5 Å². The highest BCUT2D eigenvalue weighted by atomic mass is 32.1. The molecule has 164 valence electrons. The second-order valence-electron chi connectivity index (χ2n) is 6.76. The number of carbonyl (C=O) groups is 2. The van der Waals surface area contributed by atoms with Crippen LogP contribution in [0.4, 0.5) is 5.69 Å². The van der Waals surface area contributed by atoms with Crippen molar-refractivity contribution in [2.24, 2.45) is 0 Å². The van der Waals surface area contributed by atoms with E-state index >= 15 is 0 Å². The molecule has 2 aromatic carbocycles. The first-order valence-corrected chi connectivity index (χ1v) is 10.5. The number of nitrogens with zero attached hydrogens (tertiary/aromatic N) is 2. The number of nitrogens with one attached hydrogen (secondary N) is 1. The van der Waals surface area contributed by atoms with Crippen LogP contribution in [-0.4, -0.2) is 44.6 Å². The lowest BCUT2D eigenvalue weighted by atomic mass is 10.2. The maximum absolute atomic E-state index is 13.5. The average molecular weight is 450 g/mol. The Hall–Kier alpha value is -3.83. The Morgan fingerprint density at radius 1 is 1.16 bits per heavy atom. The van der Waals surface area contributed by atoms with E-state index in [-0.39, 0.29) is 18.4 Å². The van der Waals surface area contributed by atoms with Gasteiger partial charge in [0.2, 0.25) is 5.91 Å². The van der Waals surface area contributed by atoms with Crippen LogP contribution < -0.4 is 19.7 Å². The number of aryl methyl sites for hydroxylation is 1. The number of rotatable bonds is 7.